The molecule has 1 N–H and O–H groups in total. The fourth-order valence-corrected chi connectivity index (χ4v) is 1.46. The number of hydrogen-bond acceptors (Lipinski definition) is 2. The number of rotatable bonds is 6. The van der Waals surface area contributed by atoms with Crippen LogP contribution in [0.5, 0.6) is 0 Å². The fourth-order valence-electron chi connectivity index (χ4n) is 1.46. The van der Waals surface area contributed by atoms with Crippen LogP contribution in [0.15, 0.2) is 18.2 Å². The molecular weight excluding hydrogens is 212 g/mol. The zero-order valence-electron chi connectivity index (χ0n) is 9.59. The maximum atomic E-state index is 13.5. The van der Waals surface area contributed by atoms with Gasteiger partial charge in [-0.3, -0.25) is 0 Å². The van der Waals surface area contributed by atoms with Gasteiger partial charge in [-0.2, -0.15) is 0 Å². The van der Waals surface area contributed by atoms with Gasteiger partial charge in [-0.15, -0.1) is 0 Å². The summed E-state index contributed by atoms with van der Waals surface area (Å²) in [5.74, 6) is -1.63. The van der Waals surface area contributed by atoms with E-state index in [4.69, 9.17) is 4.74 Å². The predicted molar refractivity (Wildman–Crippen MR) is 59.3 cm³/mol. The molecule has 90 valence electrons. The molecule has 0 saturated carbocycles. The molecule has 0 fully saturated rings. The van der Waals surface area contributed by atoms with E-state index in [9.17, 15) is 8.78 Å². The third-order valence-corrected chi connectivity index (χ3v) is 2.34. The number of benzene rings is 1. The van der Waals surface area contributed by atoms with Gasteiger partial charge in [0.15, 0.2) is 11.6 Å². The van der Waals surface area contributed by atoms with Gasteiger partial charge >= 0.3 is 0 Å². The topological polar surface area (TPSA) is 21.3 Å². The quantitative estimate of drug-likeness (QED) is 0.757. The van der Waals surface area contributed by atoms with Crippen molar-refractivity contribution < 1.29 is 13.5 Å². The van der Waals surface area contributed by atoms with Crippen LogP contribution in [0.3, 0.4) is 0 Å². The number of hydrogen-bond donors (Lipinski definition) is 1. The van der Waals surface area contributed by atoms with Gasteiger partial charge in [0.25, 0.3) is 0 Å². The van der Waals surface area contributed by atoms with Crippen molar-refractivity contribution in [2.75, 3.05) is 20.3 Å². The van der Waals surface area contributed by atoms with Gasteiger partial charge in [0.2, 0.25) is 0 Å². The molecule has 4 heteroatoms. The third-order valence-electron chi connectivity index (χ3n) is 2.34. The summed E-state index contributed by atoms with van der Waals surface area (Å²) >= 11 is 0. The van der Waals surface area contributed by atoms with E-state index in [0.29, 0.717) is 18.8 Å². The summed E-state index contributed by atoms with van der Waals surface area (Å²) in [5.41, 5.74) is 0.304. The average molecular weight is 229 g/mol. The molecule has 0 amide bonds. The van der Waals surface area contributed by atoms with Crippen molar-refractivity contribution in [3.8, 4) is 0 Å². The zero-order valence-corrected chi connectivity index (χ0v) is 9.59. The monoisotopic (exact) mass is 229 g/mol. The largest absolute Gasteiger partial charge is 0.379 e. The molecule has 1 aromatic carbocycles. The highest BCUT2D eigenvalue weighted by Gasteiger charge is 2.16. The van der Waals surface area contributed by atoms with Crippen LogP contribution in [-0.2, 0) is 4.74 Å². The Hall–Kier alpha value is -1.00. The van der Waals surface area contributed by atoms with Crippen LogP contribution in [0, 0.1) is 11.6 Å². The van der Waals surface area contributed by atoms with Crippen LogP contribution >= 0.6 is 0 Å². The van der Waals surface area contributed by atoms with Crippen LogP contribution in [0.25, 0.3) is 0 Å². The summed E-state index contributed by atoms with van der Waals surface area (Å²) in [6.07, 6.45) is 0.905. The van der Waals surface area contributed by atoms with Crippen LogP contribution < -0.4 is 5.32 Å². The van der Waals surface area contributed by atoms with Crippen LogP contribution in [0.4, 0.5) is 8.78 Å². The summed E-state index contributed by atoms with van der Waals surface area (Å²) < 4.78 is 31.8. The van der Waals surface area contributed by atoms with E-state index in [1.54, 1.807) is 13.1 Å². The number of nitrogens with one attached hydrogen (secondary N) is 1. The molecule has 0 aliphatic carbocycles. The molecule has 2 nitrogen and oxygen atoms in total. The third kappa shape index (κ3) is 3.25. The fraction of sp³-hybridized carbons (Fsp3) is 0.500. The Labute approximate surface area is 94.6 Å². The molecule has 0 heterocycles. The van der Waals surface area contributed by atoms with Crippen molar-refractivity contribution >= 4 is 0 Å². The molecule has 0 bridgehead atoms. The van der Waals surface area contributed by atoms with E-state index < -0.39 is 11.6 Å². The number of halogens is 2. The molecule has 0 aliphatic heterocycles. The number of likely N-dealkylation sites (N-methyl/N-ethyl adjacent to an activating group) is 1. The molecule has 0 spiro atoms. The second-order valence-electron chi connectivity index (χ2n) is 3.56. The molecule has 0 radical (unpaired) electrons. The first-order valence-electron chi connectivity index (χ1n) is 5.39. The van der Waals surface area contributed by atoms with Gasteiger partial charge in [-0.05, 0) is 19.5 Å². The maximum absolute atomic E-state index is 13.5. The highest BCUT2D eigenvalue weighted by atomic mass is 19.2. The van der Waals surface area contributed by atoms with Gasteiger partial charge in [-0.1, -0.05) is 19.1 Å². The first-order valence-corrected chi connectivity index (χ1v) is 5.39. The highest BCUT2D eigenvalue weighted by Crippen LogP contribution is 2.19. The molecule has 0 aromatic heterocycles. The Balaban J connectivity index is 2.74. The summed E-state index contributed by atoms with van der Waals surface area (Å²) in [4.78, 5) is 0. The van der Waals surface area contributed by atoms with Crippen molar-refractivity contribution in [1.29, 1.82) is 0 Å². The summed E-state index contributed by atoms with van der Waals surface area (Å²) in [6.45, 7) is 2.96. The minimum Gasteiger partial charge on any atom is -0.379 e. The molecule has 0 saturated heterocycles. The van der Waals surface area contributed by atoms with Gasteiger partial charge in [0.05, 0.1) is 12.6 Å². The van der Waals surface area contributed by atoms with E-state index in [1.165, 1.54) is 6.07 Å². The summed E-state index contributed by atoms with van der Waals surface area (Å²) in [7, 11) is 1.70. The first-order chi connectivity index (χ1) is 7.70. The lowest BCUT2D eigenvalue weighted by molar-refractivity contribution is 0.113. The highest BCUT2D eigenvalue weighted by molar-refractivity contribution is 5.22. The molecule has 16 heavy (non-hydrogen) atoms. The maximum Gasteiger partial charge on any atom is 0.163 e. The predicted octanol–water partition coefficient (Wildman–Crippen LogP) is 2.65. The van der Waals surface area contributed by atoms with Gasteiger partial charge in [-0.25, -0.2) is 8.78 Å². The Morgan fingerprint density at radius 2 is 2.12 bits per heavy atom. The molecular formula is C12H17F2NO. The lowest BCUT2D eigenvalue weighted by Gasteiger charge is -2.17. The average Bonchev–Trinajstić information content (AvgIpc) is 2.29. The Morgan fingerprint density at radius 3 is 2.75 bits per heavy atom. The van der Waals surface area contributed by atoms with Crippen LogP contribution in [0.2, 0.25) is 0 Å². The van der Waals surface area contributed by atoms with Crippen LogP contribution in [0.1, 0.15) is 24.9 Å². The first kappa shape index (κ1) is 13.1. The molecule has 0 aliphatic rings. The molecule has 1 rings (SSSR count). The van der Waals surface area contributed by atoms with E-state index in [1.807, 2.05) is 6.92 Å². The second kappa shape index (κ2) is 6.55. The van der Waals surface area contributed by atoms with Crippen molar-refractivity contribution in [2.45, 2.75) is 19.4 Å². The Kier molecular flexibility index (Phi) is 5.35. The molecule has 1 aromatic rings. The van der Waals surface area contributed by atoms with E-state index in [0.717, 1.165) is 12.5 Å². The smallest absolute Gasteiger partial charge is 0.163 e. The minimum atomic E-state index is -0.826. The van der Waals surface area contributed by atoms with Crippen molar-refractivity contribution in [1.82, 2.24) is 5.32 Å². The lowest BCUT2D eigenvalue weighted by atomic mass is 10.1. The van der Waals surface area contributed by atoms with E-state index >= 15 is 0 Å². The summed E-state index contributed by atoms with van der Waals surface area (Å²) in [6, 6.07) is 3.85. The lowest BCUT2D eigenvalue weighted by Crippen LogP contribution is -2.23. The minimum absolute atomic E-state index is 0.304. The van der Waals surface area contributed by atoms with Gasteiger partial charge < -0.3 is 10.1 Å². The van der Waals surface area contributed by atoms with Gasteiger partial charge in [0.1, 0.15) is 0 Å². The second-order valence-corrected chi connectivity index (χ2v) is 3.56. The zero-order chi connectivity index (χ0) is 12.0. The van der Waals surface area contributed by atoms with E-state index in [-0.39, 0.29) is 6.04 Å². The number of ether oxygens (including phenoxy) is 1. The van der Waals surface area contributed by atoms with Crippen molar-refractivity contribution in [3.05, 3.63) is 35.4 Å². The van der Waals surface area contributed by atoms with Crippen molar-refractivity contribution in [3.63, 3.8) is 0 Å². The van der Waals surface area contributed by atoms with Crippen LogP contribution in [-0.4, -0.2) is 20.3 Å². The summed E-state index contributed by atoms with van der Waals surface area (Å²) in [5, 5.41) is 2.91. The van der Waals surface area contributed by atoms with Gasteiger partial charge in [0, 0.05) is 12.2 Å². The Morgan fingerprint density at radius 1 is 1.38 bits per heavy atom. The van der Waals surface area contributed by atoms with E-state index in [2.05, 4.69) is 5.32 Å². The normalized spacial score (nSPS) is 12.8. The molecule has 1 unspecified atom stereocenters. The Bertz CT molecular complexity index is 331. The molecule has 1 atom stereocenters. The van der Waals surface area contributed by atoms with Crippen molar-refractivity contribution in [2.24, 2.45) is 0 Å². The standard InChI is InChI=1S/C12H17F2NO/c1-3-7-16-8-11(15-2)9-5-4-6-10(13)12(9)14/h4-6,11,15H,3,7-8H2,1-2H3. The SMILES string of the molecule is CCCOCC(NC)c1cccc(F)c1F.